The van der Waals surface area contributed by atoms with E-state index in [2.05, 4.69) is 11.5 Å². The Morgan fingerprint density at radius 2 is 1.42 bits per heavy atom. The Morgan fingerprint density at radius 3 is 1.83 bits per heavy atom. The van der Waals surface area contributed by atoms with Gasteiger partial charge < -0.3 is 4.90 Å². The molecule has 0 atom stereocenters. The van der Waals surface area contributed by atoms with E-state index in [0.29, 0.717) is 0 Å². The summed E-state index contributed by atoms with van der Waals surface area (Å²) in [6.07, 6.45) is 8.83. The van der Waals surface area contributed by atoms with Gasteiger partial charge in [-0.25, -0.2) is 5.26 Å². The van der Waals surface area contributed by atoms with E-state index in [1.165, 1.54) is 51.6 Å². The standard InChI is InChI=1S/C9H17N.CHN/c1-2-4-8-10(7-3-1)9-5-6-9;1-2/h9H,1-8H2;1H. The predicted octanol–water partition coefficient (Wildman–Crippen LogP) is 2.16. The fourth-order valence-corrected chi connectivity index (χ4v) is 1.90. The zero-order valence-corrected chi connectivity index (χ0v) is 7.71. The van der Waals surface area contributed by atoms with Crippen LogP contribution in [-0.4, -0.2) is 24.0 Å². The van der Waals surface area contributed by atoms with Crippen LogP contribution in [0.1, 0.15) is 38.5 Å². The maximum absolute atomic E-state index is 6.50. The lowest BCUT2D eigenvalue weighted by molar-refractivity contribution is 0.275. The van der Waals surface area contributed by atoms with Gasteiger partial charge in [0.1, 0.15) is 0 Å². The van der Waals surface area contributed by atoms with Crippen LogP contribution in [0.3, 0.4) is 0 Å². The zero-order valence-electron chi connectivity index (χ0n) is 7.71. The summed E-state index contributed by atoms with van der Waals surface area (Å²) in [5, 5.41) is 6.50. The Bertz CT molecular complexity index is 130. The molecule has 68 valence electrons. The van der Waals surface area contributed by atoms with Gasteiger partial charge in [0.05, 0.1) is 0 Å². The summed E-state index contributed by atoms with van der Waals surface area (Å²) >= 11 is 0. The molecule has 2 fully saturated rings. The van der Waals surface area contributed by atoms with Crippen molar-refractivity contribution in [2.24, 2.45) is 0 Å². The third-order valence-corrected chi connectivity index (χ3v) is 2.70. The Balaban J connectivity index is 0.000000336. The van der Waals surface area contributed by atoms with Gasteiger partial charge in [0.2, 0.25) is 0 Å². The van der Waals surface area contributed by atoms with Crippen molar-refractivity contribution in [3.8, 4) is 6.57 Å². The van der Waals surface area contributed by atoms with E-state index in [1.807, 2.05) is 0 Å². The molecule has 12 heavy (non-hydrogen) atoms. The maximum atomic E-state index is 6.50. The Labute approximate surface area is 75.2 Å². The molecule has 0 bridgehead atoms. The van der Waals surface area contributed by atoms with Crippen LogP contribution in [0, 0.1) is 11.8 Å². The molecule has 0 radical (unpaired) electrons. The van der Waals surface area contributed by atoms with E-state index < -0.39 is 0 Å². The van der Waals surface area contributed by atoms with Gasteiger partial charge >= 0.3 is 0 Å². The highest BCUT2D eigenvalue weighted by atomic mass is 15.2. The molecule has 1 heterocycles. The number of likely N-dealkylation sites (tertiary alicyclic amines) is 1. The molecule has 0 aromatic heterocycles. The van der Waals surface area contributed by atoms with Crippen molar-refractivity contribution in [1.82, 2.24) is 4.90 Å². The molecule has 0 N–H and O–H groups in total. The zero-order chi connectivity index (χ0) is 8.81. The molecule has 1 aliphatic carbocycles. The smallest absolute Gasteiger partial charge is 0.0462 e. The predicted molar refractivity (Wildman–Crippen MR) is 49.7 cm³/mol. The van der Waals surface area contributed by atoms with E-state index in [1.54, 1.807) is 0 Å². The van der Waals surface area contributed by atoms with Crippen molar-refractivity contribution in [3.63, 3.8) is 0 Å². The summed E-state index contributed by atoms with van der Waals surface area (Å²) in [5.41, 5.74) is 0. The lowest BCUT2D eigenvalue weighted by Gasteiger charge is -2.18. The van der Waals surface area contributed by atoms with Crippen LogP contribution >= 0.6 is 0 Å². The Hall–Kier alpha value is -0.550. The number of nitriles is 1. The lowest BCUT2D eigenvalue weighted by Crippen LogP contribution is -2.26. The quantitative estimate of drug-likeness (QED) is 0.597. The van der Waals surface area contributed by atoms with Crippen molar-refractivity contribution in [2.75, 3.05) is 13.1 Å². The highest BCUT2D eigenvalue weighted by Crippen LogP contribution is 2.28. The van der Waals surface area contributed by atoms with E-state index in [4.69, 9.17) is 5.26 Å². The van der Waals surface area contributed by atoms with Crippen LogP contribution in [0.2, 0.25) is 0 Å². The number of nitrogens with zero attached hydrogens (tertiary/aromatic N) is 2. The first-order valence-electron chi connectivity index (χ1n) is 4.97. The molecule has 2 heteroatoms. The first kappa shape index (κ1) is 9.54. The van der Waals surface area contributed by atoms with Crippen molar-refractivity contribution >= 4 is 0 Å². The summed E-state index contributed by atoms with van der Waals surface area (Å²) in [6, 6.07) is 1.01. The highest BCUT2D eigenvalue weighted by molar-refractivity contribution is 4.84. The minimum atomic E-state index is 1.01. The van der Waals surface area contributed by atoms with Crippen LogP contribution in [0.4, 0.5) is 0 Å². The average Bonchev–Trinajstić information content (AvgIpc) is 2.95. The molecule has 0 spiro atoms. The molecule has 1 aliphatic heterocycles. The minimum absolute atomic E-state index is 1.01. The third kappa shape index (κ3) is 2.83. The number of rotatable bonds is 1. The molecule has 0 amide bonds. The Kier molecular flexibility index (Phi) is 4.10. The molecule has 2 nitrogen and oxygen atoms in total. The van der Waals surface area contributed by atoms with E-state index in [0.717, 1.165) is 6.04 Å². The molecular weight excluding hydrogens is 148 g/mol. The van der Waals surface area contributed by atoms with Gasteiger partial charge in [0.25, 0.3) is 0 Å². The second kappa shape index (κ2) is 5.16. The third-order valence-electron chi connectivity index (χ3n) is 2.70. The highest BCUT2D eigenvalue weighted by Gasteiger charge is 2.28. The van der Waals surface area contributed by atoms with Gasteiger partial charge in [-0.3, -0.25) is 0 Å². The first-order valence-corrected chi connectivity index (χ1v) is 4.97. The van der Waals surface area contributed by atoms with Crippen LogP contribution in [0.25, 0.3) is 0 Å². The van der Waals surface area contributed by atoms with Gasteiger partial charge in [0.15, 0.2) is 0 Å². The summed E-state index contributed by atoms with van der Waals surface area (Å²) in [6.45, 7) is 6.29. The molecule has 2 rings (SSSR count). The fraction of sp³-hybridized carbons (Fsp3) is 0.900. The summed E-state index contributed by atoms with van der Waals surface area (Å²) < 4.78 is 0. The van der Waals surface area contributed by atoms with E-state index in [-0.39, 0.29) is 0 Å². The SMILES string of the molecule is C#N.C1CCCN(C2CC2)CC1. The van der Waals surface area contributed by atoms with Crippen LogP contribution in [-0.2, 0) is 0 Å². The van der Waals surface area contributed by atoms with E-state index in [9.17, 15) is 0 Å². The average molecular weight is 166 g/mol. The molecule has 1 saturated heterocycles. The van der Waals surface area contributed by atoms with Crippen molar-refractivity contribution in [3.05, 3.63) is 0 Å². The van der Waals surface area contributed by atoms with Crippen molar-refractivity contribution < 1.29 is 0 Å². The second-order valence-corrected chi connectivity index (χ2v) is 3.68. The van der Waals surface area contributed by atoms with Gasteiger partial charge in [-0.2, -0.15) is 0 Å². The second-order valence-electron chi connectivity index (χ2n) is 3.68. The van der Waals surface area contributed by atoms with Gasteiger partial charge in [0, 0.05) is 12.6 Å². The van der Waals surface area contributed by atoms with Crippen LogP contribution in [0.5, 0.6) is 0 Å². The number of hydrogen-bond acceptors (Lipinski definition) is 2. The molecule has 0 aromatic carbocycles. The topological polar surface area (TPSA) is 27.0 Å². The lowest BCUT2D eigenvalue weighted by atomic mass is 10.2. The monoisotopic (exact) mass is 166 g/mol. The van der Waals surface area contributed by atoms with Gasteiger partial charge in [-0.05, 0) is 38.8 Å². The van der Waals surface area contributed by atoms with Crippen molar-refractivity contribution in [2.45, 2.75) is 44.6 Å². The normalized spacial score (nSPS) is 25.2. The molecule has 1 saturated carbocycles. The van der Waals surface area contributed by atoms with Crippen LogP contribution < -0.4 is 0 Å². The molecular formula is C10H18N2. The fourth-order valence-electron chi connectivity index (χ4n) is 1.90. The van der Waals surface area contributed by atoms with E-state index >= 15 is 0 Å². The maximum Gasteiger partial charge on any atom is 0.0462 e. The summed E-state index contributed by atoms with van der Waals surface area (Å²) in [4.78, 5) is 2.70. The molecule has 0 unspecified atom stereocenters. The van der Waals surface area contributed by atoms with Gasteiger partial charge in [-0.15, -0.1) is 0 Å². The first-order chi connectivity index (χ1) is 5.97. The minimum Gasteiger partial charge on any atom is -0.300 e. The Morgan fingerprint density at radius 1 is 0.917 bits per heavy atom. The summed E-state index contributed by atoms with van der Waals surface area (Å²) in [7, 11) is 0. The number of hydrogen-bond donors (Lipinski definition) is 0. The molecule has 0 aromatic rings. The van der Waals surface area contributed by atoms with Crippen LogP contribution in [0.15, 0.2) is 0 Å². The van der Waals surface area contributed by atoms with Crippen molar-refractivity contribution in [1.29, 1.82) is 5.26 Å². The molecule has 2 aliphatic rings. The van der Waals surface area contributed by atoms with Gasteiger partial charge in [-0.1, -0.05) is 12.8 Å². The summed E-state index contributed by atoms with van der Waals surface area (Å²) in [5.74, 6) is 0. The largest absolute Gasteiger partial charge is 0.300 e.